The molecule has 2 heterocycles. The Hall–Kier alpha value is -1.76. The number of hydrogen-bond donors (Lipinski definition) is 1. The lowest BCUT2D eigenvalue weighted by atomic mass is 9.95. The third-order valence-corrected chi connectivity index (χ3v) is 3.95. The van der Waals surface area contributed by atoms with Crippen molar-refractivity contribution >= 4 is 12.0 Å². The second-order valence-electron chi connectivity index (χ2n) is 5.21. The van der Waals surface area contributed by atoms with Crippen molar-refractivity contribution in [2.75, 3.05) is 6.54 Å². The average molecular weight is 300 g/mol. The summed E-state index contributed by atoms with van der Waals surface area (Å²) in [7, 11) is 1.79. The summed E-state index contributed by atoms with van der Waals surface area (Å²) in [6.07, 6.45) is 0.499. The highest BCUT2D eigenvalue weighted by Crippen LogP contribution is 2.35. The maximum atomic E-state index is 12.4. The summed E-state index contributed by atoms with van der Waals surface area (Å²) in [5, 5.41) is 2.84. The fourth-order valence-corrected chi connectivity index (χ4v) is 3.07. The van der Waals surface area contributed by atoms with E-state index in [4.69, 9.17) is 0 Å². The van der Waals surface area contributed by atoms with Crippen molar-refractivity contribution in [3.63, 3.8) is 0 Å². The van der Waals surface area contributed by atoms with Gasteiger partial charge in [0.2, 0.25) is 0 Å². The largest absolute Gasteiger partial charge is 0.490 e. The third kappa shape index (κ3) is 2.35. The van der Waals surface area contributed by atoms with Crippen LogP contribution in [-0.4, -0.2) is 23.3 Å². The summed E-state index contributed by atoms with van der Waals surface area (Å²) in [6, 6.07) is 0. The van der Waals surface area contributed by atoms with Crippen LogP contribution in [0.3, 0.4) is 0 Å². The number of allylic oxidation sites excluding steroid dienone is 1. The van der Waals surface area contributed by atoms with E-state index in [1.54, 1.807) is 7.05 Å². The minimum absolute atomic E-state index is 0.489. The SMILES string of the molecule is Cn1c2c(c3c1C(OC(=O)C(F)(F)F)NCC3)CCC=C2. The van der Waals surface area contributed by atoms with Gasteiger partial charge in [0.25, 0.3) is 0 Å². The van der Waals surface area contributed by atoms with Crippen LogP contribution in [0.1, 0.15) is 35.2 Å². The number of rotatable bonds is 1. The smallest absolute Gasteiger partial charge is 0.434 e. The number of carbonyl (C=O) groups excluding carboxylic acids is 1. The van der Waals surface area contributed by atoms with Crippen molar-refractivity contribution in [1.82, 2.24) is 9.88 Å². The molecule has 1 aliphatic carbocycles. The van der Waals surface area contributed by atoms with Gasteiger partial charge in [-0.05, 0) is 36.5 Å². The number of alkyl halides is 3. The molecular weight excluding hydrogens is 285 g/mol. The third-order valence-electron chi connectivity index (χ3n) is 3.95. The van der Waals surface area contributed by atoms with Gasteiger partial charge in [-0.1, -0.05) is 6.08 Å². The van der Waals surface area contributed by atoms with E-state index in [0.717, 1.165) is 36.1 Å². The molecule has 21 heavy (non-hydrogen) atoms. The number of aromatic nitrogens is 1. The molecule has 0 bridgehead atoms. The molecule has 1 unspecified atom stereocenters. The minimum atomic E-state index is -4.98. The second-order valence-corrected chi connectivity index (χ2v) is 5.21. The highest BCUT2D eigenvalue weighted by Gasteiger charge is 2.43. The molecule has 0 aromatic carbocycles. The first-order valence-corrected chi connectivity index (χ1v) is 6.77. The summed E-state index contributed by atoms with van der Waals surface area (Å²) in [5.74, 6) is -2.16. The maximum absolute atomic E-state index is 12.4. The summed E-state index contributed by atoms with van der Waals surface area (Å²) < 4.78 is 43.6. The molecule has 4 nitrogen and oxygen atoms in total. The van der Waals surface area contributed by atoms with Gasteiger partial charge in [-0.15, -0.1) is 0 Å². The molecule has 1 aromatic rings. The van der Waals surface area contributed by atoms with E-state index in [1.807, 2.05) is 16.7 Å². The molecule has 7 heteroatoms. The van der Waals surface area contributed by atoms with E-state index >= 15 is 0 Å². The van der Waals surface area contributed by atoms with Gasteiger partial charge in [0.1, 0.15) is 0 Å². The van der Waals surface area contributed by atoms with Gasteiger partial charge in [0.05, 0.1) is 5.69 Å². The Labute approximate surface area is 119 Å². The van der Waals surface area contributed by atoms with Crippen molar-refractivity contribution in [1.29, 1.82) is 0 Å². The Kier molecular flexibility index (Phi) is 3.32. The van der Waals surface area contributed by atoms with Gasteiger partial charge in [-0.3, -0.25) is 5.32 Å². The topological polar surface area (TPSA) is 43.3 Å². The van der Waals surface area contributed by atoms with Crippen LogP contribution < -0.4 is 5.32 Å². The van der Waals surface area contributed by atoms with Gasteiger partial charge < -0.3 is 9.30 Å². The van der Waals surface area contributed by atoms with E-state index in [2.05, 4.69) is 10.1 Å². The number of fused-ring (bicyclic) bond motifs is 3. The number of nitrogens with zero attached hydrogens (tertiary/aromatic N) is 1. The number of nitrogens with one attached hydrogen (secondary N) is 1. The summed E-state index contributed by atoms with van der Waals surface area (Å²) in [6.45, 7) is 0.489. The first kappa shape index (κ1) is 14.2. The van der Waals surface area contributed by atoms with Gasteiger partial charge in [-0.2, -0.15) is 13.2 Å². The van der Waals surface area contributed by atoms with Crippen LogP contribution in [0.4, 0.5) is 13.2 Å². The average Bonchev–Trinajstić information content (AvgIpc) is 2.73. The molecule has 1 aliphatic heterocycles. The fraction of sp³-hybridized carbons (Fsp3) is 0.500. The highest BCUT2D eigenvalue weighted by molar-refractivity contribution is 5.76. The molecule has 2 aliphatic rings. The normalized spacial score (nSPS) is 20.9. The number of carbonyl (C=O) groups is 1. The monoisotopic (exact) mass is 300 g/mol. The fourth-order valence-electron chi connectivity index (χ4n) is 3.07. The lowest BCUT2D eigenvalue weighted by molar-refractivity contribution is -0.207. The second kappa shape index (κ2) is 4.91. The van der Waals surface area contributed by atoms with E-state index in [1.165, 1.54) is 0 Å². The Morgan fingerprint density at radius 1 is 1.38 bits per heavy atom. The van der Waals surface area contributed by atoms with E-state index in [0.29, 0.717) is 12.2 Å². The first-order chi connectivity index (χ1) is 9.89. The number of esters is 1. The van der Waals surface area contributed by atoms with E-state index in [9.17, 15) is 18.0 Å². The van der Waals surface area contributed by atoms with Crippen LogP contribution in [0.2, 0.25) is 0 Å². The summed E-state index contributed by atoms with van der Waals surface area (Å²) >= 11 is 0. The molecule has 0 fully saturated rings. The quantitative estimate of drug-likeness (QED) is 0.809. The zero-order chi connectivity index (χ0) is 15.2. The number of ether oxygens (including phenoxy) is 1. The van der Waals surface area contributed by atoms with Crippen LogP contribution in [-0.2, 0) is 29.4 Å². The Morgan fingerprint density at radius 3 is 2.86 bits per heavy atom. The highest BCUT2D eigenvalue weighted by atomic mass is 19.4. The van der Waals surface area contributed by atoms with Crippen molar-refractivity contribution in [2.45, 2.75) is 31.7 Å². The standard InChI is InChI=1S/C14H15F3N2O2/c1-19-10-5-3-2-4-8(10)9-6-7-18-12(11(9)19)21-13(20)14(15,16)17/h3,5,12,18H,2,4,6-7H2,1H3. The Balaban J connectivity index is 1.97. The molecule has 0 saturated heterocycles. The predicted molar refractivity (Wildman–Crippen MR) is 69.4 cm³/mol. The summed E-state index contributed by atoms with van der Waals surface area (Å²) in [5.41, 5.74) is 3.78. The van der Waals surface area contributed by atoms with E-state index < -0.39 is 18.4 Å². The Morgan fingerprint density at radius 2 is 2.14 bits per heavy atom. The van der Waals surface area contributed by atoms with Crippen molar-refractivity contribution in [3.05, 3.63) is 28.6 Å². The van der Waals surface area contributed by atoms with Gasteiger partial charge in [-0.25, -0.2) is 4.79 Å². The molecule has 1 aromatic heterocycles. The van der Waals surface area contributed by atoms with E-state index in [-0.39, 0.29) is 0 Å². The predicted octanol–water partition coefficient (Wildman–Crippen LogP) is 2.23. The van der Waals surface area contributed by atoms with Crippen LogP contribution >= 0.6 is 0 Å². The number of hydrogen-bond acceptors (Lipinski definition) is 3. The molecular formula is C14H15F3N2O2. The number of halogens is 3. The van der Waals surface area contributed by atoms with Gasteiger partial charge in [0, 0.05) is 19.3 Å². The molecule has 1 N–H and O–H groups in total. The lowest BCUT2D eigenvalue weighted by Gasteiger charge is -2.26. The molecule has 0 amide bonds. The zero-order valence-electron chi connectivity index (χ0n) is 11.5. The molecule has 1 atom stereocenters. The van der Waals surface area contributed by atoms with Crippen LogP contribution in [0, 0.1) is 0 Å². The van der Waals surface area contributed by atoms with Crippen LogP contribution in [0.15, 0.2) is 6.08 Å². The van der Waals surface area contributed by atoms with Crippen molar-refractivity contribution in [3.8, 4) is 0 Å². The van der Waals surface area contributed by atoms with Crippen LogP contribution in [0.5, 0.6) is 0 Å². The van der Waals surface area contributed by atoms with Crippen LogP contribution in [0.25, 0.3) is 6.08 Å². The van der Waals surface area contributed by atoms with Crippen molar-refractivity contribution in [2.24, 2.45) is 7.05 Å². The first-order valence-electron chi connectivity index (χ1n) is 6.77. The van der Waals surface area contributed by atoms with Gasteiger partial charge in [0.15, 0.2) is 6.23 Å². The molecule has 114 valence electrons. The molecule has 3 rings (SSSR count). The summed E-state index contributed by atoms with van der Waals surface area (Å²) in [4.78, 5) is 11.1. The lowest BCUT2D eigenvalue weighted by Crippen LogP contribution is -2.37. The minimum Gasteiger partial charge on any atom is -0.434 e. The molecule has 0 radical (unpaired) electrons. The van der Waals surface area contributed by atoms with Gasteiger partial charge >= 0.3 is 12.1 Å². The Bertz CT molecular complexity index is 617. The molecule has 0 saturated carbocycles. The van der Waals surface area contributed by atoms with Crippen molar-refractivity contribution < 1.29 is 22.7 Å². The maximum Gasteiger partial charge on any atom is 0.490 e. The zero-order valence-corrected chi connectivity index (χ0v) is 11.5. The molecule has 0 spiro atoms.